The molecule has 1 saturated heterocycles. The minimum atomic E-state index is -0.992. The van der Waals surface area contributed by atoms with Crippen molar-refractivity contribution in [1.82, 2.24) is 4.90 Å². The van der Waals surface area contributed by atoms with Crippen molar-refractivity contribution in [1.29, 1.82) is 0 Å². The molecule has 0 aromatic heterocycles. The fourth-order valence-corrected chi connectivity index (χ4v) is 3.67. The molecule has 1 heterocycles. The average molecular weight is 358 g/mol. The third-order valence-electron chi connectivity index (χ3n) is 3.98. The molecule has 7 heteroatoms. The van der Waals surface area contributed by atoms with E-state index in [0.29, 0.717) is 24.4 Å². The van der Waals surface area contributed by atoms with E-state index >= 15 is 0 Å². The van der Waals surface area contributed by atoms with Gasteiger partial charge in [0.25, 0.3) is 0 Å². The Balaban J connectivity index is 1.96. The molecule has 5 nitrogen and oxygen atoms in total. The van der Waals surface area contributed by atoms with Crippen LogP contribution in [-0.2, 0) is 14.3 Å². The molecular weight excluding hydrogens is 338 g/mol. The standard InChI is InChI=1S/C16H20ClNO4S/c1-22-11-16(15(20)21)7-2-8-18(10-16)14(19)9-23-13-5-3-12(17)4-6-13/h3-6H,2,7-11H2,1H3,(H,20,21). The van der Waals surface area contributed by atoms with E-state index in [4.69, 9.17) is 16.3 Å². The lowest BCUT2D eigenvalue weighted by Crippen LogP contribution is -2.52. The summed E-state index contributed by atoms with van der Waals surface area (Å²) in [6.07, 6.45) is 1.21. The van der Waals surface area contributed by atoms with Gasteiger partial charge < -0.3 is 14.7 Å². The second kappa shape index (κ2) is 8.04. The molecule has 126 valence electrons. The molecule has 1 amide bonds. The molecule has 1 N–H and O–H groups in total. The van der Waals surface area contributed by atoms with Gasteiger partial charge in [-0.15, -0.1) is 11.8 Å². The Morgan fingerprint density at radius 1 is 1.39 bits per heavy atom. The zero-order valence-electron chi connectivity index (χ0n) is 13.0. The molecule has 0 bridgehead atoms. The number of nitrogens with zero attached hydrogens (tertiary/aromatic N) is 1. The first-order valence-corrected chi connectivity index (χ1v) is 8.72. The van der Waals surface area contributed by atoms with E-state index in [1.54, 1.807) is 17.0 Å². The maximum atomic E-state index is 12.4. The largest absolute Gasteiger partial charge is 0.481 e. The number of ether oxygens (including phenoxy) is 1. The summed E-state index contributed by atoms with van der Waals surface area (Å²) >= 11 is 7.26. The Morgan fingerprint density at radius 2 is 2.09 bits per heavy atom. The number of carbonyl (C=O) groups excluding carboxylic acids is 1. The van der Waals surface area contributed by atoms with Crippen molar-refractivity contribution >= 4 is 35.2 Å². The number of halogens is 1. The molecule has 1 aliphatic rings. The van der Waals surface area contributed by atoms with Crippen LogP contribution >= 0.6 is 23.4 Å². The number of methoxy groups -OCH3 is 1. The second-order valence-corrected chi connectivity index (χ2v) is 7.17. The summed E-state index contributed by atoms with van der Waals surface area (Å²) < 4.78 is 5.08. The molecule has 1 aromatic rings. The molecular formula is C16H20ClNO4S. The van der Waals surface area contributed by atoms with Gasteiger partial charge in [-0.3, -0.25) is 9.59 Å². The summed E-state index contributed by atoms with van der Waals surface area (Å²) in [6, 6.07) is 7.29. The average Bonchev–Trinajstić information content (AvgIpc) is 2.54. The highest BCUT2D eigenvalue weighted by molar-refractivity contribution is 8.00. The normalized spacial score (nSPS) is 21.2. The van der Waals surface area contributed by atoms with Crippen molar-refractivity contribution in [3.8, 4) is 0 Å². The van der Waals surface area contributed by atoms with Crippen LogP contribution in [-0.4, -0.2) is 54.4 Å². The van der Waals surface area contributed by atoms with Crippen LogP contribution in [0.25, 0.3) is 0 Å². The predicted octanol–water partition coefficient (Wildman–Crippen LogP) is 2.77. The number of piperidine rings is 1. The molecule has 0 radical (unpaired) electrons. The van der Waals surface area contributed by atoms with Gasteiger partial charge in [0.05, 0.1) is 12.4 Å². The van der Waals surface area contributed by atoms with E-state index in [0.717, 1.165) is 4.90 Å². The summed E-state index contributed by atoms with van der Waals surface area (Å²) in [5.41, 5.74) is -0.992. The SMILES string of the molecule is COCC1(C(=O)O)CCCN(C(=O)CSc2ccc(Cl)cc2)C1. The van der Waals surface area contributed by atoms with Crippen molar-refractivity contribution in [3.63, 3.8) is 0 Å². The summed E-state index contributed by atoms with van der Waals surface area (Å²) in [5.74, 6) is -0.668. The number of hydrogen-bond donors (Lipinski definition) is 1. The number of aliphatic carboxylic acids is 1. The number of amides is 1. The Hall–Kier alpha value is -1.24. The van der Waals surface area contributed by atoms with Crippen molar-refractivity contribution in [2.24, 2.45) is 5.41 Å². The fraction of sp³-hybridized carbons (Fsp3) is 0.500. The molecule has 0 aliphatic carbocycles. The van der Waals surface area contributed by atoms with Crippen LogP contribution in [0.2, 0.25) is 5.02 Å². The van der Waals surface area contributed by atoms with Crippen LogP contribution in [0.5, 0.6) is 0 Å². The fourth-order valence-electron chi connectivity index (χ4n) is 2.74. The zero-order chi connectivity index (χ0) is 16.9. The van der Waals surface area contributed by atoms with E-state index in [9.17, 15) is 14.7 Å². The van der Waals surface area contributed by atoms with Gasteiger partial charge in [-0.25, -0.2) is 0 Å². The highest BCUT2D eigenvalue weighted by Crippen LogP contribution is 2.31. The topological polar surface area (TPSA) is 66.8 Å². The molecule has 1 aliphatic heterocycles. The maximum absolute atomic E-state index is 12.4. The minimum Gasteiger partial charge on any atom is -0.481 e. The van der Waals surface area contributed by atoms with Gasteiger partial charge in [0.15, 0.2) is 0 Å². The van der Waals surface area contributed by atoms with Gasteiger partial charge in [-0.05, 0) is 37.1 Å². The van der Waals surface area contributed by atoms with Crippen molar-refractivity contribution in [2.75, 3.05) is 32.6 Å². The smallest absolute Gasteiger partial charge is 0.313 e. The van der Waals surface area contributed by atoms with Crippen molar-refractivity contribution in [2.45, 2.75) is 17.7 Å². The van der Waals surface area contributed by atoms with Gasteiger partial charge in [-0.2, -0.15) is 0 Å². The minimum absolute atomic E-state index is 0.0496. The van der Waals surface area contributed by atoms with Crippen LogP contribution in [0.3, 0.4) is 0 Å². The highest BCUT2D eigenvalue weighted by Gasteiger charge is 2.43. The van der Waals surface area contributed by atoms with Crippen LogP contribution in [0, 0.1) is 5.41 Å². The first-order chi connectivity index (χ1) is 11.0. The molecule has 23 heavy (non-hydrogen) atoms. The number of rotatable bonds is 6. The van der Waals surface area contributed by atoms with E-state index < -0.39 is 11.4 Å². The van der Waals surface area contributed by atoms with Gasteiger partial charge in [0.1, 0.15) is 5.41 Å². The lowest BCUT2D eigenvalue weighted by atomic mass is 9.80. The monoisotopic (exact) mass is 357 g/mol. The molecule has 0 saturated carbocycles. The third-order valence-corrected chi connectivity index (χ3v) is 5.23. The lowest BCUT2D eigenvalue weighted by Gasteiger charge is -2.39. The van der Waals surface area contributed by atoms with Crippen LogP contribution < -0.4 is 0 Å². The predicted molar refractivity (Wildman–Crippen MR) is 89.9 cm³/mol. The maximum Gasteiger partial charge on any atom is 0.313 e. The first-order valence-electron chi connectivity index (χ1n) is 7.35. The Labute approximate surface area is 144 Å². The molecule has 1 unspecified atom stereocenters. The first kappa shape index (κ1) is 18.1. The summed E-state index contributed by atoms with van der Waals surface area (Å²) in [5, 5.41) is 10.2. The van der Waals surface area contributed by atoms with Gasteiger partial charge in [0.2, 0.25) is 5.91 Å². The van der Waals surface area contributed by atoms with E-state index in [1.807, 2.05) is 12.1 Å². The van der Waals surface area contributed by atoms with Crippen LogP contribution in [0.1, 0.15) is 12.8 Å². The summed E-state index contributed by atoms with van der Waals surface area (Å²) in [4.78, 5) is 26.6. The summed E-state index contributed by atoms with van der Waals surface area (Å²) in [7, 11) is 1.49. The Kier molecular flexibility index (Phi) is 6.33. The van der Waals surface area contributed by atoms with E-state index in [2.05, 4.69) is 0 Å². The number of benzene rings is 1. The van der Waals surface area contributed by atoms with E-state index in [-0.39, 0.29) is 24.8 Å². The van der Waals surface area contributed by atoms with Gasteiger partial charge >= 0.3 is 5.97 Å². The van der Waals surface area contributed by atoms with Crippen molar-refractivity contribution < 1.29 is 19.4 Å². The molecule has 1 fully saturated rings. The van der Waals surface area contributed by atoms with Gasteiger partial charge in [-0.1, -0.05) is 11.6 Å². The quantitative estimate of drug-likeness (QED) is 0.793. The number of hydrogen-bond acceptors (Lipinski definition) is 4. The Morgan fingerprint density at radius 3 is 2.70 bits per heavy atom. The number of carboxylic acids is 1. The highest BCUT2D eigenvalue weighted by atomic mass is 35.5. The zero-order valence-corrected chi connectivity index (χ0v) is 14.5. The van der Waals surface area contributed by atoms with Crippen molar-refractivity contribution in [3.05, 3.63) is 29.3 Å². The number of carboxylic acid groups (broad SMARTS) is 1. The van der Waals surface area contributed by atoms with Crippen LogP contribution in [0.15, 0.2) is 29.2 Å². The van der Waals surface area contributed by atoms with Gasteiger partial charge in [0, 0.05) is 30.1 Å². The second-order valence-electron chi connectivity index (χ2n) is 5.68. The molecule has 2 rings (SSSR count). The molecule has 1 aromatic carbocycles. The molecule has 0 spiro atoms. The number of likely N-dealkylation sites (tertiary alicyclic amines) is 1. The molecule has 1 atom stereocenters. The lowest BCUT2D eigenvalue weighted by molar-refractivity contribution is -0.158. The Bertz CT molecular complexity index is 562. The van der Waals surface area contributed by atoms with E-state index in [1.165, 1.54) is 18.9 Å². The third kappa shape index (κ3) is 4.62. The summed E-state index contributed by atoms with van der Waals surface area (Å²) in [6.45, 7) is 0.922. The number of carbonyl (C=O) groups is 2. The van der Waals surface area contributed by atoms with Crippen LogP contribution in [0.4, 0.5) is 0 Å². The number of thioether (sulfide) groups is 1.